The van der Waals surface area contributed by atoms with E-state index >= 15 is 0 Å². The lowest BCUT2D eigenvalue weighted by atomic mass is 10.2. The Kier molecular flexibility index (Phi) is 2.66. The van der Waals surface area contributed by atoms with Gasteiger partial charge in [-0.1, -0.05) is 6.92 Å². The van der Waals surface area contributed by atoms with Gasteiger partial charge >= 0.3 is 5.97 Å². The van der Waals surface area contributed by atoms with E-state index in [0.29, 0.717) is 12.5 Å². The zero-order valence-corrected chi connectivity index (χ0v) is 8.63. The molecule has 6 nitrogen and oxygen atoms in total. The Balaban J connectivity index is 2.00. The molecule has 0 radical (unpaired) electrons. The molecule has 1 aliphatic carbocycles. The summed E-state index contributed by atoms with van der Waals surface area (Å²) in [6.45, 7) is 2.01. The normalized spacial score (nSPS) is 17.7. The highest BCUT2D eigenvalue weighted by Gasteiger charge is 2.25. The molecule has 1 atom stereocenters. The van der Waals surface area contributed by atoms with Crippen LogP contribution in [0.25, 0.3) is 0 Å². The Morgan fingerprint density at radius 2 is 2.40 bits per heavy atom. The topological polar surface area (TPSA) is 80.9 Å². The van der Waals surface area contributed by atoms with Crippen molar-refractivity contribution in [3.8, 4) is 0 Å². The number of tetrazole rings is 1. The lowest BCUT2D eigenvalue weighted by Crippen LogP contribution is -2.19. The van der Waals surface area contributed by atoms with Gasteiger partial charge in [0.15, 0.2) is 5.82 Å². The van der Waals surface area contributed by atoms with E-state index in [2.05, 4.69) is 15.5 Å². The standard InChI is InChI=1S/C9H14N4O2/c1-6(9(14)15)5-13-8(10-11-12-13)4-7-2-3-7/h6-7H,2-5H2,1H3,(H,14,15). The summed E-state index contributed by atoms with van der Waals surface area (Å²) in [7, 11) is 0. The lowest BCUT2D eigenvalue weighted by molar-refractivity contribution is -0.141. The molecular formula is C9H14N4O2. The molecule has 15 heavy (non-hydrogen) atoms. The van der Waals surface area contributed by atoms with Crippen LogP contribution in [0.5, 0.6) is 0 Å². The van der Waals surface area contributed by atoms with Gasteiger partial charge in [0, 0.05) is 6.42 Å². The number of nitrogens with zero attached hydrogens (tertiary/aromatic N) is 4. The average molecular weight is 210 g/mol. The van der Waals surface area contributed by atoms with Crippen LogP contribution in [-0.4, -0.2) is 31.3 Å². The zero-order chi connectivity index (χ0) is 10.8. The molecule has 1 aromatic rings. The molecule has 1 saturated carbocycles. The highest BCUT2D eigenvalue weighted by molar-refractivity contribution is 5.69. The van der Waals surface area contributed by atoms with Crippen LogP contribution < -0.4 is 0 Å². The predicted octanol–water partition coefficient (Wildman–Crippen LogP) is 0.346. The van der Waals surface area contributed by atoms with E-state index in [1.165, 1.54) is 12.8 Å². The van der Waals surface area contributed by atoms with Crippen molar-refractivity contribution in [2.24, 2.45) is 11.8 Å². The van der Waals surface area contributed by atoms with Crippen molar-refractivity contribution in [2.75, 3.05) is 0 Å². The number of carboxylic acids is 1. The molecule has 82 valence electrons. The first kappa shape index (κ1) is 10.1. The second kappa shape index (κ2) is 3.96. The summed E-state index contributed by atoms with van der Waals surface area (Å²) in [4.78, 5) is 10.7. The van der Waals surface area contributed by atoms with E-state index in [1.54, 1.807) is 11.6 Å². The maximum absolute atomic E-state index is 10.7. The minimum Gasteiger partial charge on any atom is -0.481 e. The third kappa shape index (κ3) is 2.51. The molecule has 0 aliphatic heterocycles. The van der Waals surface area contributed by atoms with E-state index in [-0.39, 0.29) is 0 Å². The Morgan fingerprint density at radius 1 is 1.67 bits per heavy atom. The van der Waals surface area contributed by atoms with Gasteiger partial charge in [0.2, 0.25) is 0 Å². The molecular weight excluding hydrogens is 196 g/mol. The van der Waals surface area contributed by atoms with Gasteiger partial charge in [-0.15, -0.1) is 5.10 Å². The maximum atomic E-state index is 10.7. The van der Waals surface area contributed by atoms with E-state index in [1.807, 2.05) is 0 Å². The van der Waals surface area contributed by atoms with Crippen LogP contribution in [0, 0.1) is 11.8 Å². The second-order valence-corrected chi connectivity index (χ2v) is 4.16. The van der Waals surface area contributed by atoms with Crippen molar-refractivity contribution in [3.63, 3.8) is 0 Å². The monoisotopic (exact) mass is 210 g/mol. The van der Waals surface area contributed by atoms with Gasteiger partial charge in [0.1, 0.15) is 0 Å². The SMILES string of the molecule is CC(Cn1nnnc1CC1CC1)C(=O)O. The van der Waals surface area contributed by atoms with Crippen molar-refractivity contribution in [1.82, 2.24) is 20.2 Å². The third-order valence-corrected chi connectivity index (χ3v) is 2.64. The summed E-state index contributed by atoms with van der Waals surface area (Å²) in [6.07, 6.45) is 3.35. The quantitative estimate of drug-likeness (QED) is 0.758. The predicted molar refractivity (Wildman–Crippen MR) is 51.0 cm³/mol. The highest BCUT2D eigenvalue weighted by Crippen LogP contribution is 2.31. The van der Waals surface area contributed by atoms with Gasteiger partial charge in [-0.25, -0.2) is 4.68 Å². The summed E-state index contributed by atoms with van der Waals surface area (Å²) in [5.41, 5.74) is 0. The van der Waals surface area contributed by atoms with E-state index in [9.17, 15) is 4.79 Å². The number of rotatable bonds is 5. The fraction of sp³-hybridized carbons (Fsp3) is 0.778. The van der Waals surface area contributed by atoms with Crippen LogP contribution in [0.3, 0.4) is 0 Å². The number of hydrogen-bond acceptors (Lipinski definition) is 4. The number of carboxylic acid groups (broad SMARTS) is 1. The van der Waals surface area contributed by atoms with Gasteiger partial charge < -0.3 is 5.11 Å². The van der Waals surface area contributed by atoms with Crippen molar-refractivity contribution >= 4 is 5.97 Å². The fourth-order valence-electron chi connectivity index (χ4n) is 1.43. The number of aliphatic carboxylic acids is 1. The Labute approximate surface area is 87.3 Å². The molecule has 1 aliphatic rings. The van der Waals surface area contributed by atoms with Gasteiger partial charge in [-0.3, -0.25) is 4.79 Å². The summed E-state index contributed by atoms with van der Waals surface area (Å²) in [5, 5.41) is 20.1. The number of carbonyl (C=O) groups is 1. The number of hydrogen-bond donors (Lipinski definition) is 1. The molecule has 0 aromatic carbocycles. The van der Waals surface area contributed by atoms with Crippen LogP contribution in [0.2, 0.25) is 0 Å². The molecule has 0 bridgehead atoms. The minimum atomic E-state index is -0.817. The summed E-state index contributed by atoms with van der Waals surface area (Å²) < 4.78 is 1.61. The van der Waals surface area contributed by atoms with Gasteiger partial charge in [0.05, 0.1) is 12.5 Å². The molecule has 1 heterocycles. The summed E-state index contributed by atoms with van der Waals surface area (Å²) >= 11 is 0. The van der Waals surface area contributed by atoms with Crippen LogP contribution in [-0.2, 0) is 17.8 Å². The first-order chi connectivity index (χ1) is 7.16. The van der Waals surface area contributed by atoms with Gasteiger partial charge in [0.25, 0.3) is 0 Å². The Morgan fingerprint density at radius 3 is 3.00 bits per heavy atom. The molecule has 0 spiro atoms. The second-order valence-electron chi connectivity index (χ2n) is 4.16. The molecule has 1 N–H and O–H groups in total. The fourth-order valence-corrected chi connectivity index (χ4v) is 1.43. The molecule has 1 aromatic heterocycles. The maximum Gasteiger partial charge on any atom is 0.308 e. The number of aromatic nitrogens is 4. The molecule has 1 fully saturated rings. The van der Waals surface area contributed by atoms with Crippen LogP contribution >= 0.6 is 0 Å². The molecule has 6 heteroatoms. The van der Waals surface area contributed by atoms with Crippen LogP contribution in [0.15, 0.2) is 0 Å². The van der Waals surface area contributed by atoms with Gasteiger partial charge in [-0.2, -0.15) is 0 Å². The Bertz CT molecular complexity index is 359. The smallest absolute Gasteiger partial charge is 0.308 e. The Hall–Kier alpha value is -1.46. The van der Waals surface area contributed by atoms with Crippen LogP contribution in [0.4, 0.5) is 0 Å². The first-order valence-electron chi connectivity index (χ1n) is 5.14. The third-order valence-electron chi connectivity index (χ3n) is 2.64. The molecule has 0 saturated heterocycles. The molecule has 1 unspecified atom stereocenters. The summed E-state index contributed by atoms with van der Waals surface area (Å²) in [6, 6.07) is 0. The molecule has 0 amide bonds. The zero-order valence-electron chi connectivity index (χ0n) is 8.63. The van der Waals surface area contributed by atoms with Crippen molar-refractivity contribution in [1.29, 1.82) is 0 Å². The van der Waals surface area contributed by atoms with Gasteiger partial charge in [-0.05, 0) is 29.2 Å². The summed E-state index contributed by atoms with van der Waals surface area (Å²) in [5.74, 6) is 0.245. The van der Waals surface area contributed by atoms with E-state index in [4.69, 9.17) is 5.11 Å². The molecule has 2 rings (SSSR count). The van der Waals surface area contributed by atoms with Crippen molar-refractivity contribution in [3.05, 3.63) is 5.82 Å². The van der Waals surface area contributed by atoms with E-state index in [0.717, 1.165) is 12.2 Å². The largest absolute Gasteiger partial charge is 0.481 e. The average Bonchev–Trinajstić information content (AvgIpc) is 2.88. The van der Waals surface area contributed by atoms with Crippen molar-refractivity contribution in [2.45, 2.75) is 32.7 Å². The minimum absolute atomic E-state index is 0.352. The first-order valence-corrected chi connectivity index (χ1v) is 5.14. The highest BCUT2D eigenvalue weighted by atomic mass is 16.4. The van der Waals surface area contributed by atoms with E-state index < -0.39 is 11.9 Å². The lowest BCUT2D eigenvalue weighted by Gasteiger charge is -2.07. The van der Waals surface area contributed by atoms with Crippen molar-refractivity contribution < 1.29 is 9.90 Å². The van der Waals surface area contributed by atoms with Crippen LogP contribution in [0.1, 0.15) is 25.6 Å².